The number of nitrogens with zero attached hydrogens (tertiary/aromatic N) is 2. The normalized spacial score (nSPS) is 10.9. The van der Waals surface area contributed by atoms with Crippen LogP contribution >= 0.6 is 0 Å². The van der Waals surface area contributed by atoms with Crippen LogP contribution in [0, 0.1) is 0 Å². The molecule has 0 fully saturated rings. The van der Waals surface area contributed by atoms with Gasteiger partial charge in [0.2, 0.25) is 5.89 Å². The second kappa shape index (κ2) is 7.61. The first-order chi connectivity index (χ1) is 11.3. The van der Waals surface area contributed by atoms with Crippen molar-refractivity contribution >= 4 is 0 Å². The SMILES string of the molecule is CN(CCOc1ccccc1)Cc1ncc(-c2ccccc2)o1. The maximum atomic E-state index is 5.81. The Morgan fingerprint density at radius 2 is 1.70 bits per heavy atom. The molecule has 2 aromatic carbocycles. The molecule has 0 radical (unpaired) electrons. The zero-order chi connectivity index (χ0) is 15.9. The number of para-hydroxylation sites is 1. The van der Waals surface area contributed by atoms with Crippen molar-refractivity contribution in [2.45, 2.75) is 6.54 Å². The minimum atomic E-state index is 0.632. The molecule has 3 rings (SSSR count). The fraction of sp³-hybridized carbons (Fsp3) is 0.211. The molecule has 1 aromatic heterocycles. The minimum absolute atomic E-state index is 0.632. The second-order valence-corrected chi connectivity index (χ2v) is 5.38. The third-order valence-corrected chi connectivity index (χ3v) is 3.50. The Morgan fingerprint density at radius 1 is 1.00 bits per heavy atom. The van der Waals surface area contributed by atoms with Gasteiger partial charge in [-0.2, -0.15) is 0 Å². The lowest BCUT2D eigenvalue weighted by Gasteiger charge is -2.14. The average Bonchev–Trinajstić information content (AvgIpc) is 3.05. The maximum absolute atomic E-state index is 5.81. The summed E-state index contributed by atoms with van der Waals surface area (Å²) in [6.45, 7) is 2.09. The summed E-state index contributed by atoms with van der Waals surface area (Å²) in [7, 11) is 2.03. The van der Waals surface area contributed by atoms with Crippen molar-refractivity contribution in [1.29, 1.82) is 0 Å². The quantitative estimate of drug-likeness (QED) is 0.664. The first kappa shape index (κ1) is 15.3. The van der Waals surface area contributed by atoms with Gasteiger partial charge in [0, 0.05) is 12.1 Å². The molecule has 0 saturated heterocycles. The van der Waals surface area contributed by atoms with E-state index in [0.717, 1.165) is 23.6 Å². The zero-order valence-corrected chi connectivity index (χ0v) is 13.2. The Balaban J connectivity index is 1.48. The highest BCUT2D eigenvalue weighted by molar-refractivity contribution is 5.55. The predicted octanol–water partition coefficient (Wildman–Crippen LogP) is 3.85. The van der Waals surface area contributed by atoms with Crippen molar-refractivity contribution in [3.8, 4) is 17.1 Å². The molecule has 118 valence electrons. The molecular weight excluding hydrogens is 288 g/mol. The number of ether oxygens (including phenoxy) is 1. The van der Waals surface area contributed by atoms with Crippen LogP contribution in [0.15, 0.2) is 71.3 Å². The van der Waals surface area contributed by atoms with Gasteiger partial charge in [0.1, 0.15) is 12.4 Å². The standard InChI is InChI=1S/C19H20N2O2/c1-21(12-13-22-17-10-6-3-7-11-17)15-19-20-14-18(23-19)16-8-4-2-5-9-16/h2-11,14H,12-13,15H2,1H3. The first-order valence-corrected chi connectivity index (χ1v) is 7.68. The Morgan fingerprint density at radius 3 is 2.43 bits per heavy atom. The summed E-state index contributed by atoms with van der Waals surface area (Å²) in [6.07, 6.45) is 1.78. The fourth-order valence-corrected chi connectivity index (χ4v) is 2.27. The molecule has 0 aliphatic carbocycles. The van der Waals surface area contributed by atoms with Gasteiger partial charge in [-0.05, 0) is 19.2 Å². The zero-order valence-electron chi connectivity index (χ0n) is 13.2. The summed E-state index contributed by atoms with van der Waals surface area (Å²) in [4.78, 5) is 6.48. The van der Waals surface area contributed by atoms with Gasteiger partial charge >= 0.3 is 0 Å². The largest absolute Gasteiger partial charge is 0.492 e. The van der Waals surface area contributed by atoms with Gasteiger partial charge in [-0.15, -0.1) is 0 Å². The van der Waals surface area contributed by atoms with Crippen LogP contribution in [0.2, 0.25) is 0 Å². The highest BCUT2D eigenvalue weighted by Crippen LogP contribution is 2.20. The minimum Gasteiger partial charge on any atom is -0.492 e. The van der Waals surface area contributed by atoms with Gasteiger partial charge in [-0.25, -0.2) is 4.98 Å². The third-order valence-electron chi connectivity index (χ3n) is 3.50. The van der Waals surface area contributed by atoms with Crippen molar-refractivity contribution in [3.63, 3.8) is 0 Å². The number of rotatable bonds is 7. The van der Waals surface area contributed by atoms with E-state index in [9.17, 15) is 0 Å². The lowest BCUT2D eigenvalue weighted by atomic mass is 10.2. The van der Waals surface area contributed by atoms with Crippen molar-refractivity contribution in [1.82, 2.24) is 9.88 Å². The van der Waals surface area contributed by atoms with E-state index in [1.165, 1.54) is 0 Å². The van der Waals surface area contributed by atoms with Gasteiger partial charge in [0.05, 0.1) is 12.7 Å². The Bertz CT molecular complexity index is 711. The predicted molar refractivity (Wildman–Crippen MR) is 90.2 cm³/mol. The molecule has 0 amide bonds. The average molecular weight is 308 g/mol. The van der Waals surface area contributed by atoms with Gasteiger partial charge < -0.3 is 9.15 Å². The lowest BCUT2D eigenvalue weighted by Crippen LogP contribution is -2.24. The topological polar surface area (TPSA) is 38.5 Å². The van der Waals surface area contributed by atoms with Crippen molar-refractivity contribution in [2.24, 2.45) is 0 Å². The Labute approximate surface area is 136 Å². The maximum Gasteiger partial charge on any atom is 0.209 e. The van der Waals surface area contributed by atoms with Crippen molar-refractivity contribution < 1.29 is 9.15 Å². The van der Waals surface area contributed by atoms with Crippen LogP contribution < -0.4 is 4.74 Å². The van der Waals surface area contributed by atoms with Crippen LogP contribution in [0.5, 0.6) is 5.75 Å². The highest BCUT2D eigenvalue weighted by Gasteiger charge is 2.08. The van der Waals surface area contributed by atoms with E-state index in [1.807, 2.05) is 67.7 Å². The number of hydrogen-bond donors (Lipinski definition) is 0. The molecule has 1 heterocycles. The summed E-state index contributed by atoms with van der Waals surface area (Å²) in [6, 6.07) is 19.8. The molecular formula is C19H20N2O2. The molecule has 23 heavy (non-hydrogen) atoms. The van der Waals surface area contributed by atoms with E-state index in [0.29, 0.717) is 19.0 Å². The van der Waals surface area contributed by atoms with Crippen molar-refractivity contribution in [2.75, 3.05) is 20.2 Å². The van der Waals surface area contributed by atoms with E-state index < -0.39 is 0 Å². The van der Waals surface area contributed by atoms with E-state index in [4.69, 9.17) is 9.15 Å². The van der Waals surface area contributed by atoms with Crippen LogP contribution in [-0.2, 0) is 6.54 Å². The molecule has 4 nitrogen and oxygen atoms in total. The Hall–Kier alpha value is -2.59. The van der Waals surface area contributed by atoms with Crippen LogP contribution in [-0.4, -0.2) is 30.1 Å². The second-order valence-electron chi connectivity index (χ2n) is 5.38. The molecule has 0 N–H and O–H groups in total. The fourth-order valence-electron chi connectivity index (χ4n) is 2.27. The van der Waals surface area contributed by atoms with Gasteiger partial charge in [-0.1, -0.05) is 48.5 Å². The lowest BCUT2D eigenvalue weighted by molar-refractivity contribution is 0.220. The van der Waals surface area contributed by atoms with Crippen LogP contribution in [0.4, 0.5) is 0 Å². The molecule has 0 aliphatic rings. The Kier molecular flexibility index (Phi) is 5.06. The number of benzene rings is 2. The van der Waals surface area contributed by atoms with Crippen molar-refractivity contribution in [3.05, 3.63) is 72.8 Å². The van der Waals surface area contributed by atoms with E-state index >= 15 is 0 Å². The monoisotopic (exact) mass is 308 g/mol. The number of oxazole rings is 1. The van der Waals surface area contributed by atoms with Gasteiger partial charge in [0.25, 0.3) is 0 Å². The van der Waals surface area contributed by atoms with Crippen LogP contribution in [0.1, 0.15) is 5.89 Å². The first-order valence-electron chi connectivity index (χ1n) is 7.68. The number of hydrogen-bond acceptors (Lipinski definition) is 4. The third kappa shape index (κ3) is 4.44. The smallest absolute Gasteiger partial charge is 0.209 e. The molecule has 0 bridgehead atoms. The van der Waals surface area contributed by atoms with E-state index in [-0.39, 0.29) is 0 Å². The van der Waals surface area contributed by atoms with Crippen LogP contribution in [0.25, 0.3) is 11.3 Å². The van der Waals surface area contributed by atoms with Gasteiger partial charge in [-0.3, -0.25) is 4.90 Å². The molecule has 0 saturated carbocycles. The molecule has 0 atom stereocenters. The molecule has 0 aliphatic heterocycles. The molecule has 4 heteroatoms. The van der Waals surface area contributed by atoms with Gasteiger partial charge in [0.15, 0.2) is 5.76 Å². The van der Waals surface area contributed by atoms with Crippen LogP contribution in [0.3, 0.4) is 0 Å². The van der Waals surface area contributed by atoms with E-state index in [1.54, 1.807) is 6.20 Å². The number of likely N-dealkylation sites (N-methyl/N-ethyl adjacent to an activating group) is 1. The summed E-state index contributed by atoms with van der Waals surface area (Å²) >= 11 is 0. The molecule has 3 aromatic rings. The molecule has 0 unspecified atom stereocenters. The summed E-state index contributed by atoms with van der Waals surface area (Å²) < 4.78 is 11.5. The summed E-state index contributed by atoms with van der Waals surface area (Å²) in [5.74, 6) is 2.41. The number of aromatic nitrogens is 1. The summed E-state index contributed by atoms with van der Waals surface area (Å²) in [5, 5.41) is 0. The van der Waals surface area contributed by atoms with E-state index in [2.05, 4.69) is 9.88 Å². The highest BCUT2D eigenvalue weighted by atomic mass is 16.5. The molecule has 0 spiro atoms. The summed E-state index contributed by atoms with van der Waals surface area (Å²) in [5.41, 5.74) is 1.04.